The molecule has 25 heavy (non-hydrogen) atoms. The van der Waals surface area contributed by atoms with Crippen LogP contribution in [-0.4, -0.2) is 63.4 Å². The van der Waals surface area contributed by atoms with Gasteiger partial charge in [0.05, 0.1) is 6.10 Å². The predicted molar refractivity (Wildman–Crippen MR) is 98.8 cm³/mol. The van der Waals surface area contributed by atoms with Gasteiger partial charge in [0.25, 0.3) is 0 Å². The molecule has 6 heteroatoms. The first-order chi connectivity index (χ1) is 12.2. The third-order valence-corrected chi connectivity index (χ3v) is 5.98. The fourth-order valence-corrected chi connectivity index (χ4v) is 4.19. The van der Waals surface area contributed by atoms with E-state index in [0.29, 0.717) is 5.92 Å². The van der Waals surface area contributed by atoms with Gasteiger partial charge in [0, 0.05) is 25.8 Å². The fourth-order valence-electron chi connectivity index (χ4n) is 4.19. The molecule has 2 saturated heterocycles. The third kappa shape index (κ3) is 3.65. The average molecular weight is 343 g/mol. The highest BCUT2D eigenvalue weighted by Gasteiger charge is 2.29. The molecule has 2 aliphatic heterocycles. The molecule has 2 aliphatic rings. The molecule has 2 aromatic heterocycles. The number of aromatic nitrogens is 3. The monoisotopic (exact) mass is 343 g/mol. The Morgan fingerprint density at radius 3 is 2.60 bits per heavy atom. The van der Waals surface area contributed by atoms with E-state index in [-0.39, 0.29) is 6.10 Å². The molecule has 2 aromatic rings. The van der Waals surface area contributed by atoms with E-state index in [9.17, 15) is 5.11 Å². The molecule has 1 atom stereocenters. The van der Waals surface area contributed by atoms with Gasteiger partial charge in [0.2, 0.25) is 5.95 Å². The minimum absolute atomic E-state index is 0.203. The van der Waals surface area contributed by atoms with Crippen LogP contribution in [0, 0.1) is 11.8 Å². The molecule has 2 fully saturated rings. The Balaban J connectivity index is 1.32. The molecular weight excluding hydrogens is 314 g/mol. The lowest BCUT2D eigenvalue weighted by molar-refractivity contribution is 0.0421. The molecule has 0 radical (unpaired) electrons. The van der Waals surface area contributed by atoms with Crippen molar-refractivity contribution in [3.63, 3.8) is 0 Å². The summed E-state index contributed by atoms with van der Waals surface area (Å²) < 4.78 is 2.05. The average Bonchev–Trinajstić information content (AvgIpc) is 3.08. The third-order valence-electron chi connectivity index (χ3n) is 5.98. The number of rotatable bonds is 4. The number of β-amino-alcohol motifs (C(OH)–C–C–N with tert-alkyl or cyclic N) is 1. The van der Waals surface area contributed by atoms with Crippen LogP contribution in [-0.2, 0) is 0 Å². The fraction of sp³-hybridized carbons (Fsp3) is 0.684. The molecule has 0 saturated carbocycles. The van der Waals surface area contributed by atoms with E-state index in [0.717, 1.165) is 63.1 Å². The van der Waals surface area contributed by atoms with Crippen LogP contribution in [0.4, 0.5) is 5.95 Å². The van der Waals surface area contributed by atoms with E-state index in [1.807, 2.05) is 28.8 Å². The maximum atomic E-state index is 10.7. The number of likely N-dealkylation sites (tertiary alicyclic amines) is 1. The van der Waals surface area contributed by atoms with Gasteiger partial charge in [-0.15, -0.1) is 10.2 Å². The van der Waals surface area contributed by atoms with Gasteiger partial charge in [-0.1, -0.05) is 13.0 Å². The molecule has 1 unspecified atom stereocenters. The van der Waals surface area contributed by atoms with E-state index in [4.69, 9.17) is 0 Å². The number of aliphatic hydroxyl groups excluding tert-OH is 1. The maximum absolute atomic E-state index is 10.7. The van der Waals surface area contributed by atoms with Crippen LogP contribution in [0.3, 0.4) is 0 Å². The van der Waals surface area contributed by atoms with Crippen molar-refractivity contribution in [1.82, 2.24) is 19.5 Å². The van der Waals surface area contributed by atoms with E-state index in [2.05, 4.69) is 26.9 Å². The number of hydrogen-bond donors (Lipinski definition) is 1. The van der Waals surface area contributed by atoms with Gasteiger partial charge in [-0.25, -0.2) is 0 Å². The van der Waals surface area contributed by atoms with Crippen molar-refractivity contribution >= 4 is 11.6 Å². The molecule has 4 heterocycles. The maximum Gasteiger partial charge on any atom is 0.231 e. The van der Waals surface area contributed by atoms with Crippen molar-refractivity contribution in [3.8, 4) is 0 Å². The topological polar surface area (TPSA) is 56.9 Å². The summed E-state index contributed by atoms with van der Waals surface area (Å²) in [5.41, 5.74) is 0.888. The van der Waals surface area contributed by atoms with Gasteiger partial charge >= 0.3 is 0 Å². The van der Waals surface area contributed by atoms with E-state index in [1.54, 1.807) is 0 Å². The van der Waals surface area contributed by atoms with Crippen LogP contribution in [0.5, 0.6) is 0 Å². The molecule has 0 bridgehead atoms. The van der Waals surface area contributed by atoms with Crippen LogP contribution >= 0.6 is 0 Å². The van der Waals surface area contributed by atoms with Gasteiger partial charge < -0.3 is 14.9 Å². The van der Waals surface area contributed by atoms with Crippen molar-refractivity contribution in [2.24, 2.45) is 11.8 Å². The second kappa shape index (κ2) is 7.30. The van der Waals surface area contributed by atoms with Crippen LogP contribution in [0.25, 0.3) is 5.65 Å². The summed E-state index contributed by atoms with van der Waals surface area (Å²) in [5.74, 6) is 2.16. The Bertz CT molecular complexity index is 686. The van der Waals surface area contributed by atoms with Crippen molar-refractivity contribution in [3.05, 3.63) is 24.4 Å². The molecule has 0 aliphatic carbocycles. The molecule has 6 nitrogen and oxygen atoms in total. The van der Waals surface area contributed by atoms with Crippen LogP contribution in [0.1, 0.15) is 32.6 Å². The van der Waals surface area contributed by atoms with Gasteiger partial charge in [0.15, 0.2) is 5.65 Å². The lowest BCUT2D eigenvalue weighted by Gasteiger charge is -2.37. The zero-order valence-electron chi connectivity index (χ0n) is 15.1. The minimum Gasteiger partial charge on any atom is -0.392 e. The second-order valence-corrected chi connectivity index (χ2v) is 7.80. The highest BCUT2D eigenvalue weighted by Crippen LogP contribution is 2.26. The zero-order chi connectivity index (χ0) is 17.2. The van der Waals surface area contributed by atoms with E-state index >= 15 is 0 Å². The molecule has 136 valence electrons. The van der Waals surface area contributed by atoms with Crippen molar-refractivity contribution in [2.45, 2.75) is 38.7 Å². The largest absolute Gasteiger partial charge is 0.392 e. The summed E-state index contributed by atoms with van der Waals surface area (Å²) in [7, 11) is 0. The summed E-state index contributed by atoms with van der Waals surface area (Å²) in [4.78, 5) is 4.74. The van der Waals surface area contributed by atoms with E-state index in [1.165, 1.54) is 12.8 Å². The smallest absolute Gasteiger partial charge is 0.231 e. The number of aliphatic hydroxyl groups is 1. The van der Waals surface area contributed by atoms with Crippen LogP contribution in [0.15, 0.2) is 24.4 Å². The first-order valence-corrected chi connectivity index (χ1v) is 9.66. The molecule has 4 rings (SSSR count). The molecule has 1 N–H and O–H groups in total. The first-order valence-electron chi connectivity index (χ1n) is 9.66. The quantitative estimate of drug-likeness (QED) is 0.921. The summed E-state index contributed by atoms with van der Waals surface area (Å²) in [6.07, 6.45) is 6.39. The van der Waals surface area contributed by atoms with Crippen molar-refractivity contribution in [1.29, 1.82) is 0 Å². The Labute approximate surface area is 149 Å². The number of pyridine rings is 1. The minimum atomic E-state index is -0.203. The van der Waals surface area contributed by atoms with Gasteiger partial charge in [-0.3, -0.25) is 4.40 Å². The summed E-state index contributed by atoms with van der Waals surface area (Å²) in [5, 5.41) is 19.3. The van der Waals surface area contributed by atoms with Crippen LogP contribution < -0.4 is 4.90 Å². The second-order valence-electron chi connectivity index (χ2n) is 7.80. The lowest BCUT2D eigenvalue weighted by atomic mass is 9.90. The first kappa shape index (κ1) is 16.8. The van der Waals surface area contributed by atoms with Crippen molar-refractivity contribution in [2.75, 3.05) is 37.6 Å². The summed E-state index contributed by atoms with van der Waals surface area (Å²) >= 11 is 0. The Morgan fingerprint density at radius 1 is 1.08 bits per heavy atom. The number of hydrogen-bond acceptors (Lipinski definition) is 5. The zero-order valence-corrected chi connectivity index (χ0v) is 15.1. The Morgan fingerprint density at radius 2 is 1.84 bits per heavy atom. The van der Waals surface area contributed by atoms with Gasteiger partial charge in [-0.05, 0) is 62.7 Å². The number of nitrogens with zero attached hydrogens (tertiary/aromatic N) is 5. The predicted octanol–water partition coefficient (Wildman–Crippen LogP) is 2.04. The Kier molecular flexibility index (Phi) is 4.90. The number of anilines is 1. The highest BCUT2D eigenvalue weighted by atomic mass is 16.3. The normalized spacial score (nSPS) is 22.6. The summed E-state index contributed by atoms with van der Waals surface area (Å²) in [6, 6.07) is 5.97. The van der Waals surface area contributed by atoms with Crippen molar-refractivity contribution < 1.29 is 5.11 Å². The van der Waals surface area contributed by atoms with Gasteiger partial charge in [-0.2, -0.15) is 0 Å². The molecule has 0 aromatic carbocycles. The molecular formula is C19H29N5O. The summed E-state index contributed by atoms with van der Waals surface area (Å²) in [6.45, 7) is 7.33. The standard InChI is InChI=1S/C19H29N5O/c1-15-5-10-22(11-6-15)14-17(25)16-7-12-23(13-8-16)19-21-20-18-4-2-3-9-24(18)19/h2-4,9,15-17,25H,5-8,10-14H2,1H3. The van der Waals surface area contributed by atoms with Crippen LogP contribution in [0.2, 0.25) is 0 Å². The van der Waals surface area contributed by atoms with E-state index < -0.39 is 0 Å². The SMILES string of the molecule is CC1CCN(CC(O)C2CCN(c3nnc4ccccn34)CC2)CC1. The highest BCUT2D eigenvalue weighted by molar-refractivity contribution is 5.46. The Hall–Kier alpha value is -1.66. The molecule has 0 spiro atoms. The number of fused-ring (bicyclic) bond motifs is 1. The molecule has 0 amide bonds. The van der Waals surface area contributed by atoms with Gasteiger partial charge in [0.1, 0.15) is 0 Å². The lowest BCUT2D eigenvalue weighted by Crippen LogP contribution is -2.44. The number of piperidine rings is 2.